The lowest BCUT2D eigenvalue weighted by Gasteiger charge is -2.43. The number of ether oxygens (including phenoxy) is 5. The van der Waals surface area contributed by atoms with Gasteiger partial charge < -0.3 is 46.4 Å². The zero-order valence-corrected chi connectivity index (χ0v) is 21.4. The minimum absolute atomic E-state index is 0. The van der Waals surface area contributed by atoms with Crippen LogP contribution in [0, 0.1) is 0 Å². The Balaban J connectivity index is 0.00000961. The van der Waals surface area contributed by atoms with E-state index >= 15 is 0 Å². The molecule has 1 aliphatic heterocycles. The van der Waals surface area contributed by atoms with Crippen molar-refractivity contribution in [3.05, 3.63) is 0 Å². The second-order valence-corrected chi connectivity index (χ2v) is 7.75. The largest absolute Gasteiger partial charge is 1.00 e. The Morgan fingerprint density at radius 3 is 1.72 bits per heavy atom. The summed E-state index contributed by atoms with van der Waals surface area (Å²) in [6, 6.07) is 0. The van der Waals surface area contributed by atoms with Crippen LogP contribution >= 0.6 is 0 Å². The predicted octanol–water partition coefficient (Wildman–Crippen LogP) is -1.09. The van der Waals surface area contributed by atoms with Crippen LogP contribution < -0.4 is 22.7 Å². The van der Waals surface area contributed by atoms with Crippen LogP contribution in [0.3, 0.4) is 0 Å². The molecular weight excluding hydrogens is 486 g/mol. The second-order valence-electron chi connectivity index (χ2n) is 7.75. The van der Waals surface area contributed by atoms with Gasteiger partial charge in [0, 0.05) is 19.3 Å². The first kappa shape index (κ1) is 30.8. The van der Waals surface area contributed by atoms with Crippen molar-refractivity contribution in [2.75, 3.05) is 13.2 Å². The maximum atomic E-state index is 12.3. The first-order valence-electron chi connectivity index (χ1n) is 11.5. The van der Waals surface area contributed by atoms with Crippen molar-refractivity contribution in [1.82, 2.24) is 0 Å². The standard InChI is InChI=1S/C22H39NO8.BrH/c1-5-10-16(24)29-19-15(4)28-22(27-14-9-8-13-23)21(31-18(26)12-7-3)20(19)30-17(25)11-6-2;/h15,19-22H,5-14,23H2,1-4H3;1H/t15-,19-,20+,21+,22+;/m0./s1. The summed E-state index contributed by atoms with van der Waals surface area (Å²) in [7, 11) is 0. The van der Waals surface area contributed by atoms with Gasteiger partial charge >= 0.3 is 17.9 Å². The van der Waals surface area contributed by atoms with Gasteiger partial charge in [-0.3, -0.25) is 14.4 Å². The molecule has 5 atom stereocenters. The van der Waals surface area contributed by atoms with Crippen LogP contribution in [0.2, 0.25) is 0 Å². The molecule has 0 saturated carbocycles. The van der Waals surface area contributed by atoms with E-state index in [2.05, 4.69) is 5.73 Å². The van der Waals surface area contributed by atoms with Crippen molar-refractivity contribution in [2.24, 2.45) is 0 Å². The number of carbonyl (C=O) groups excluding carboxylic acids is 3. The van der Waals surface area contributed by atoms with Gasteiger partial charge in [-0.15, -0.1) is 0 Å². The summed E-state index contributed by atoms with van der Waals surface area (Å²) in [5.41, 5.74) is 3.81. The van der Waals surface area contributed by atoms with E-state index in [9.17, 15) is 14.4 Å². The number of esters is 3. The molecule has 1 fully saturated rings. The van der Waals surface area contributed by atoms with Crippen LogP contribution in [0.5, 0.6) is 0 Å². The highest BCUT2D eigenvalue weighted by molar-refractivity contribution is 5.71. The lowest BCUT2D eigenvalue weighted by molar-refractivity contribution is -0.369. The third-order valence-electron chi connectivity index (χ3n) is 4.82. The highest BCUT2D eigenvalue weighted by Gasteiger charge is 2.51. The molecule has 0 bridgehead atoms. The number of rotatable bonds is 14. The maximum absolute atomic E-state index is 12.3. The third kappa shape index (κ3) is 10.6. The molecule has 0 aromatic rings. The third-order valence-corrected chi connectivity index (χ3v) is 4.82. The molecule has 188 valence electrons. The monoisotopic (exact) mass is 525 g/mol. The van der Waals surface area contributed by atoms with E-state index in [0.29, 0.717) is 25.9 Å². The Morgan fingerprint density at radius 1 is 0.781 bits per heavy atom. The van der Waals surface area contributed by atoms with E-state index in [0.717, 1.165) is 19.4 Å². The van der Waals surface area contributed by atoms with Gasteiger partial charge in [-0.25, -0.2) is 0 Å². The van der Waals surface area contributed by atoms with Gasteiger partial charge in [0.2, 0.25) is 0 Å². The fraction of sp³-hybridized carbons (Fsp3) is 0.864. The maximum Gasteiger partial charge on any atom is 0.306 e. The fourth-order valence-electron chi connectivity index (χ4n) is 3.25. The van der Waals surface area contributed by atoms with Crippen LogP contribution in [0.25, 0.3) is 0 Å². The Kier molecular flexibility index (Phi) is 16.6. The van der Waals surface area contributed by atoms with Gasteiger partial charge in [-0.05, 0) is 39.0 Å². The van der Waals surface area contributed by atoms with Gasteiger partial charge in [0.05, 0.1) is 19.3 Å². The van der Waals surface area contributed by atoms with Crippen molar-refractivity contribution in [3.63, 3.8) is 0 Å². The minimum Gasteiger partial charge on any atom is -1.00 e. The van der Waals surface area contributed by atoms with Crippen LogP contribution in [-0.4, -0.2) is 61.8 Å². The number of hydrogen-bond acceptors (Lipinski definition) is 8. The normalized spacial score (nSPS) is 24.8. The molecule has 0 aromatic carbocycles. The summed E-state index contributed by atoms with van der Waals surface area (Å²) in [6.07, 6.45) is -0.384. The van der Waals surface area contributed by atoms with Crippen LogP contribution in [0.4, 0.5) is 0 Å². The van der Waals surface area contributed by atoms with Crippen molar-refractivity contribution in [1.29, 1.82) is 0 Å². The number of carbonyl (C=O) groups is 3. The molecule has 0 unspecified atom stereocenters. The fourth-order valence-corrected chi connectivity index (χ4v) is 3.25. The van der Waals surface area contributed by atoms with Gasteiger partial charge in [-0.2, -0.15) is 0 Å². The highest BCUT2D eigenvalue weighted by Crippen LogP contribution is 2.30. The van der Waals surface area contributed by atoms with Crippen molar-refractivity contribution in [2.45, 2.75) is 110 Å². The molecule has 10 heteroatoms. The number of unbranched alkanes of at least 4 members (excludes halogenated alkanes) is 1. The zero-order valence-electron chi connectivity index (χ0n) is 19.8. The number of quaternary nitrogens is 1. The molecule has 1 saturated heterocycles. The van der Waals surface area contributed by atoms with Crippen molar-refractivity contribution in [3.8, 4) is 0 Å². The van der Waals surface area contributed by atoms with E-state index in [4.69, 9.17) is 23.7 Å². The topological polar surface area (TPSA) is 125 Å². The summed E-state index contributed by atoms with van der Waals surface area (Å²) in [5.74, 6) is -1.33. The first-order chi connectivity index (χ1) is 14.9. The van der Waals surface area contributed by atoms with E-state index in [1.54, 1.807) is 6.92 Å². The van der Waals surface area contributed by atoms with E-state index < -0.39 is 48.6 Å². The van der Waals surface area contributed by atoms with Gasteiger partial charge in [0.15, 0.2) is 24.6 Å². The quantitative estimate of drug-likeness (QED) is 0.172. The number of halogens is 1. The van der Waals surface area contributed by atoms with Gasteiger partial charge in [0.25, 0.3) is 0 Å². The molecule has 3 N–H and O–H groups in total. The SMILES string of the molecule is CCCC(=O)O[C@@H]1[C@@H](OC(=O)CCC)[C@H](C)O[C@@H](OCCCC[NH3+])[C@@H]1OC(=O)CCC.[Br-]. The predicted molar refractivity (Wildman–Crippen MR) is 112 cm³/mol. The van der Waals surface area contributed by atoms with Crippen molar-refractivity contribution < 1.29 is 60.8 Å². The van der Waals surface area contributed by atoms with Crippen LogP contribution in [0.1, 0.15) is 79.1 Å². The first-order valence-corrected chi connectivity index (χ1v) is 11.5. The summed E-state index contributed by atoms with van der Waals surface area (Å²) in [4.78, 5) is 36.9. The van der Waals surface area contributed by atoms with E-state index in [1.165, 1.54) is 0 Å². The summed E-state index contributed by atoms with van der Waals surface area (Å²) >= 11 is 0. The van der Waals surface area contributed by atoms with Crippen LogP contribution in [-0.2, 0) is 38.1 Å². The zero-order chi connectivity index (χ0) is 23.2. The Bertz CT molecular complexity index is 562. The molecule has 0 aromatic heterocycles. The minimum atomic E-state index is -1.03. The molecule has 0 radical (unpaired) electrons. The molecule has 32 heavy (non-hydrogen) atoms. The van der Waals surface area contributed by atoms with Crippen molar-refractivity contribution >= 4 is 17.9 Å². The Labute approximate surface area is 201 Å². The molecule has 0 amide bonds. The molecule has 1 heterocycles. The molecule has 0 aliphatic carbocycles. The van der Waals surface area contributed by atoms with Gasteiger partial charge in [0.1, 0.15) is 0 Å². The molecule has 1 aliphatic rings. The summed E-state index contributed by atoms with van der Waals surface area (Å²) < 4.78 is 28.7. The smallest absolute Gasteiger partial charge is 0.306 e. The highest BCUT2D eigenvalue weighted by atomic mass is 79.9. The molecule has 1 rings (SSSR count). The summed E-state index contributed by atoms with van der Waals surface area (Å²) in [6.45, 7) is 8.48. The van der Waals surface area contributed by atoms with E-state index in [1.807, 2.05) is 20.8 Å². The molecule has 0 spiro atoms. The average molecular weight is 526 g/mol. The molecule has 9 nitrogen and oxygen atoms in total. The Hall–Kier alpha value is -1.23. The molecular formula is C22H40BrNO8. The Morgan fingerprint density at radius 2 is 1.25 bits per heavy atom. The average Bonchev–Trinajstić information content (AvgIpc) is 2.71. The van der Waals surface area contributed by atoms with Gasteiger partial charge in [-0.1, -0.05) is 20.8 Å². The number of hydrogen-bond donors (Lipinski definition) is 1. The second kappa shape index (κ2) is 17.3. The summed E-state index contributed by atoms with van der Waals surface area (Å²) in [5, 5.41) is 0. The van der Waals surface area contributed by atoms with Crippen LogP contribution in [0.15, 0.2) is 0 Å². The van der Waals surface area contributed by atoms with E-state index in [-0.39, 0.29) is 36.2 Å². The lowest BCUT2D eigenvalue weighted by atomic mass is 9.98. The lowest BCUT2D eigenvalue weighted by Crippen LogP contribution is -3.00.